The first-order valence-electron chi connectivity index (χ1n) is 10.5. The zero-order valence-corrected chi connectivity index (χ0v) is 19.1. The fourth-order valence-corrected chi connectivity index (χ4v) is 3.98. The second-order valence-corrected chi connectivity index (χ2v) is 8.15. The Hall–Kier alpha value is -4.67. The van der Waals surface area contributed by atoms with Crippen LogP contribution in [0, 0.1) is 34.9 Å². The molecule has 0 bridgehead atoms. The van der Waals surface area contributed by atoms with Crippen LogP contribution in [0.15, 0.2) is 54.8 Å². The van der Waals surface area contributed by atoms with Crippen LogP contribution in [0.1, 0.15) is 17.2 Å². The summed E-state index contributed by atoms with van der Waals surface area (Å²) in [5.41, 5.74) is 10.2. The average molecular weight is 528 g/mol. The molecule has 4 heterocycles. The van der Waals surface area contributed by atoms with Gasteiger partial charge in [-0.1, -0.05) is 11.6 Å². The molecule has 0 amide bonds. The normalized spacial score (nSPS) is 13.4. The smallest absolute Gasteiger partial charge is 0.249 e. The van der Waals surface area contributed by atoms with Gasteiger partial charge in [-0.05, 0) is 18.2 Å². The van der Waals surface area contributed by atoms with Crippen molar-refractivity contribution < 1.29 is 17.6 Å². The van der Waals surface area contributed by atoms with Gasteiger partial charge in [0.2, 0.25) is 11.9 Å². The molecule has 1 aliphatic rings. The Morgan fingerprint density at radius 1 is 0.919 bits per heavy atom. The van der Waals surface area contributed by atoms with Crippen LogP contribution in [0.4, 0.5) is 34.6 Å². The molecule has 0 aliphatic carbocycles. The number of anilines is 3. The van der Waals surface area contributed by atoms with Gasteiger partial charge in [-0.15, -0.1) is 0 Å². The van der Waals surface area contributed by atoms with Crippen LogP contribution in [0.3, 0.4) is 0 Å². The molecule has 186 valence electrons. The van der Waals surface area contributed by atoms with Crippen molar-refractivity contribution >= 4 is 39.6 Å². The van der Waals surface area contributed by atoms with E-state index in [1.54, 1.807) is 18.3 Å². The molecule has 4 aromatic rings. The SMILES string of the molecule is N#Cc1cnc2c(Cl)cc(N[C@H](C3=CNNN3)c3cnc(F)c(F)c3)cc2c1Nc1cnc(F)c(F)c1. The summed E-state index contributed by atoms with van der Waals surface area (Å²) in [7, 11) is 0. The summed E-state index contributed by atoms with van der Waals surface area (Å²) < 4.78 is 54.5. The molecule has 3 aromatic heterocycles. The topological polar surface area (TPSA) is 123 Å². The summed E-state index contributed by atoms with van der Waals surface area (Å²) >= 11 is 6.50. The Bertz CT molecular complexity index is 1610. The molecular weight excluding hydrogens is 514 g/mol. The number of hydrazine groups is 2. The fourth-order valence-electron chi connectivity index (χ4n) is 3.71. The number of nitriles is 1. The number of benzene rings is 1. The molecule has 0 fully saturated rings. The van der Waals surface area contributed by atoms with Crippen LogP contribution < -0.4 is 27.0 Å². The Balaban J connectivity index is 1.60. The molecule has 1 aliphatic heterocycles. The Kier molecular flexibility index (Phi) is 6.34. The van der Waals surface area contributed by atoms with Crippen molar-refractivity contribution in [2.75, 3.05) is 10.6 Å². The highest BCUT2D eigenvalue weighted by Crippen LogP contribution is 2.36. The van der Waals surface area contributed by atoms with E-state index in [4.69, 9.17) is 11.6 Å². The van der Waals surface area contributed by atoms with Crippen LogP contribution in [0.5, 0.6) is 0 Å². The molecule has 0 saturated heterocycles. The zero-order chi connectivity index (χ0) is 26.1. The summed E-state index contributed by atoms with van der Waals surface area (Å²) in [5, 5.41) is 16.3. The van der Waals surface area contributed by atoms with Gasteiger partial charge in [0.15, 0.2) is 11.6 Å². The van der Waals surface area contributed by atoms with Crippen molar-refractivity contribution in [1.82, 2.24) is 31.3 Å². The lowest BCUT2D eigenvalue weighted by Crippen LogP contribution is -2.34. The summed E-state index contributed by atoms with van der Waals surface area (Å²) in [5.74, 6) is -4.81. The number of fused-ring (bicyclic) bond motifs is 1. The van der Waals surface area contributed by atoms with Crippen molar-refractivity contribution in [2.45, 2.75) is 6.04 Å². The van der Waals surface area contributed by atoms with Crippen LogP contribution >= 0.6 is 11.6 Å². The number of nitrogens with one attached hydrogen (secondary N) is 5. The van der Waals surface area contributed by atoms with Crippen LogP contribution in [-0.2, 0) is 0 Å². The number of hydrogen-bond donors (Lipinski definition) is 5. The van der Waals surface area contributed by atoms with Gasteiger partial charge in [-0.25, -0.2) is 18.7 Å². The average Bonchev–Trinajstić information content (AvgIpc) is 3.42. The van der Waals surface area contributed by atoms with Crippen molar-refractivity contribution in [3.05, 3.63) is 94.4 Å². The van der Waals surface area contributed by atoms with Crippen LogP contribution in [0.25, 0.3) is 10.9 Å². The molecular formula is C23H14ClF4N9. The highest BCUT2D eigenvalue weighted by Gasteiger charge is 2.23. The van der Waals surface area contributed by atoms with Crippen LogP contribution in [0.2, 0.25) is 5.02 Å². The summed E-state index contributed by atoms with van der Waals surface area (Å²) in [6.07, 6.45) is 5.11. The van der Waals surface area contributed by atoms with E-state index in [1.165, 1.54) is 12.4 Å². The highest BCUT2D eigenvalue weighted by molar-refractivity contribution is 6.36. The third-order valence-electron chi connectivity index (χ3n) is 5.39. The third-order valence-corrected chi connectivity index (χ3v) is 5.68. The van der Waals surface area contributed by atoms with Gasteiger partial charge in [-0.3, -0.25) is 4.98 Å². The number of halogens is 5. The van der Waals surface area contributed by atoms with Gasteiger partial charge in [0, 0.05) is 41.3 Å². The lowest BCUT2D eigenvalue weighted by Gasteiger charge is -2.22. The van der Waals surface area contributed by atoms with Gasteiger partial charge in [0.25, 0.3) is 0 Å². The Labute approximate surface area is 211 Å². The van der Waals surface area contributed by atoms with Gasteiger partial charge in [-0.2, -0.15) is 19.6 Å². The second kappa shape index (κ2) is 9.76. The van der Waals surface area contributed by atoms with Crippen molar-refractivity contribution in [2.24, 2.45) is 0 Å². The molecule has 0 radical (unpaired) electrons. The maximum absolute atomic E-state index is 14.0. The standard InChI is InChI=1S/C23H14ClF4N9/c24-15-3-12(34-20(18-9-33-37-36-18)10-1-16(25)22(27)31-6-10)2-14-19(11(5-29)7-30-21(14)15)35-13-4-17(26)23(28)32-8-13/h1-4,6-9,20,33-34,36-37H,(H,30,35)/t20-/m0/s1. The van der Waals surface area contributed by atoms with Crippen molar-refractivity contribution in [3.63, 3.8) is 0 Å². The largest absolute Gasteiger partial charge is 0.373 e. The van der Waals surface area contributed by atoms with Crippen molar-refractivity contribution in [1.29, 1.82) is 5.26 Å². The Morgan fingerprint density at radius 2 is 1.68 bits per heavy atom. The molecule has 0 saturated carbocycles. The number of nitrogens with zero attached hydrogens (tertiary/aromatic N) is 4. The quantitative estimate of drug-likeness (QED) is 0.183. The van der Waals surface area contributed by atoms with E-state index in [2.05, 4.69) is 42.0 Å². The number of pyridine rings is 3. The molecule has 1 atom stereocenters. The van der Waals surface area contributed by atoms with Crippen molar-refractivity contribution in [3.8, 4) is 6.07 Å². The maximum Gasteiger partial charge on any atom is 0.249 e. The van der Waals surface area contributed by atoms with Gasteiger partial charge in [0.1, 0.15) is 6.07 Å². The third kappa shape index (κ3) is 4.75. The predicted octanol–water partition coefficient (Wildman–Crippen LogP) is 4.46. The number of hydrogen-bond acceptors (Lipinski definition) is 9. The van der Waals surface area contributed by atoms with Gasteiger partial charge in [0.05, 0.1) is 45.4 Å². The first-order valence-corrected chi connectivity index (χ1v) is 10.9. The van der Waals surface area contributed by atoms with E-state index < -0.39 is 29.6 Å². The number of rotatable bonds is 6. The maximum atomic E-state index is 14.0. The highest BCUT2D eigenvalue weighted by atomic mass is 35.5. The molecule has 0 spiro atoms. The molecule has 14 heteroatoms. The molecule has 5 N–H and O–H groups in total. The van der Waals surface area contributed by atoms with E-state index in [9.17, 15) is 22.8 Å². The number of aromatic nitrogens is 3. The lowest BCUT2D eigenvalue weighted by atomic mass is 10.0. The van der Waals surface area contributed by atoms with Crippen LogP contribution in [-0.4, -0.2) is 15.0 Å². The summed E-state index contributed by atoms with van der Waals surface area (Å²) in [6.45, 7) is 0. The fraction of sp³-hybridized carbons (Fsp3) is 0.0435. The first kappa shape index (κ1) is 24.0. The van der Waals surface area contributed by atoms with E-state index in [0.717, 1.165) is 18.3 Å². The first-order chi connectivity index (χ1) is 17.8. The molecule has 37 heavy (non-hydrogen) atoms. The second-order valence-electron chi connectivity index (χ2n) is 7.75. The van der Waals surface area contributed by atoms with Gasteiger partial charge >= 0.3 is 0 Å². The molecule has 0 unspecified atom stereocenters. The minimum absolute atomic E-state index is 0.0839. The Morgan fingerprint density at radius 3 is 2.35 bits per heavy atom. The van der Waals surface area contributed by atoms with E-state index >= 15 is 0 Å². The predicted molar refractivity (Wildman–Crippen MR) is 127 cm³/mol. The monoisotopic (exact) mass is 527 g/mol. The summed E-state index contributed by atoms with van der Waals surface area (Å²) in [6, 6.07) is 6.31. The lowest BCUT2D eigenvalue weighted by molar-refractivity contribution is 0.476. The minimum Gasteiger partial charge on any atom is -0.373 e. The molecule has 1 aromatic carbocycles. The van der Waals surface area contributed by atoms with E-state index in [0.29, 0.717) is 22.3 Å². The minimum atomic E-state index is -1.27. The van der Waals surface area contributed by atoms with E-state index in [-0.39, 0.29) is 27.5 Å². The van der Waals surface area contributed by atoms with E-state index in [1.807, 2.05) is 6.07 Å². The summed E-state index contributed by atoms with van der Waals surface area (Å²) in [4.78, 5) is 11.0. The molecule has 9 nitrogen and oxygen atoms in total. The zero-order valence-electron chi connectivity index (χ0n) is 18.4. The molecule has 5 rings (SSSR count). The van der Waals surface area contributed by atoms with Gasteiger partial charge < -0.3 is 21.5 Å².